The lowest BCUT2D eigenvalue weighted by Gasteiger charge is -2.26. The third-order valence-electron chi connectivity index (χ3n) is 11.8. The van der Waals surface area contributed by atoms with Crippen LogP contribution in [-0.4, -0.2) is 4.57 Å². The fourth-order valence-corrected chi connectivity index (χ4v) is 8.75. The van der Waals surface area contributed by atoms with E-state index in [9.17, 15) is 0 Å². The van der Waals surface area contributed by atoms with Crippen molar-refractivity contribution in [3.63, 3.8) is 0 Å². The molecule has 0 spiro atoms. The topological polar surface area (TPSA) is 8.17 Å². The summed E-state index contributed by atoms with van der Waals surface area (Å²) in [5.41, 5.74) is 16.4. The Balaban J connectivity index is 0.960. The van der Waals surface area contributed by atoms with Gasteiger partial charge in [0.15, 0.2) is 0 Å². The minimum Gasteiger partial charge on any atom is -0.311 e. The van der Waals surface area contributed by atoms with Crippen LogP contribution in [0.3, 0.4) is 0 Å². The smallest absolute Gasteiger partial charge is 0.0547 e. The van der Waals surface area contributed by atoms with Gasteiger partial charge in [-0.25, -0.2) is 0 Å². The van der Waals surface area contributed by atoms with Crippen LogP contribution in [0.5, 0.6) is 0 Å². The van der Waals surface area contributed by atoms with Crippen molar-refractivity contribution < 1.29 is 0 Å². The second-order valence-electron chi connectivity index (χ2n) is 15.4. The Bertz CT molecular complexity index is 3270. The van der Waals surface area contributed by atoms with Gasteiger partial charge in [-0.1, -0.05) is 170 Å². The molecule has 11 rings (SSSR count). The molecule has 0 unspecified atom stereocenters. The van der Waals surface area contributed by atoms with Crippen molar-refractivity contribution in [1.29, 1.82) is 0 Å². The molecule has 0 N–H and O–H groups in total. The number of fused-ring (bicyclic) bond motifs is 4. The summed E-state index contributed by atoms with van der Waals surface area (Å²) in [6, 6.07) is 87.8. The van der Waals surface area contributed by atoms with Gasteiger partial charge < -0.3 is 9.47 Å². The van der Waals surface area contributed by atoms with Crippen LogP contribution in [0.2, 0.25) is 0 Å². The summed E-state index contributed by atoms with van der Waals surface area (Å²) < 4.78 is 2.41. The minimum atomic E-state index is 1.09. The summed E-state index contributed by atoms with van der Waals surface area (Å²) in [4.78, 5) is 2.35. The van der Waals surface area contributed by atoms with Crippen LogP contribution in [0.15, 0.2) is 243 Å². The number of nitrogens with zero attached hydrogens (tertiary/aromatic N) is 2. The highest BCUT2D eigenvalue weighted by atomic mass is 15.1. The lowest BCUT2D eigenvalue weighted by molar-refractivity contribution is 1.18. The van der Waals surface area contributed by atoms with Crippen molar-refractivity contribution in [1.82, 2.24) is 4.57 Å². The van der Waals surface area contributed by atoms with E-state index in [1.54, 1.807) is 0 Å². The normalized spacial score (nSPS) is 11.3. The number of hydrogen-bond donors (Lipinski definition) is 0. The Morgan fingerprint density at radius 2 is 0.667 bits per heavy atom. The SMILES string of the molecule is c1ccc(-c2ccc(N(c3ccc(-c4cccc(-c5ccccc5)c4)cc3)c3ccc(-c4cccc(-n5c6ccccc6c6cc7ccccc7cc65)c4)cc3)cc2)cc1. The summed E-state index contributed by atoms with van der Waals surface area (Å²) >= 11 is 0. The summed E-state index contributed by atoms with van der Waals surface area (Å²) in [7, 11) is 0. The predicted octanol–water partition coefficient (Wildman–Crippen LogP) is 16.1. The lowest BCUT2D eigenvalue weighted by atomic mass is 9.98. The average molecular weight is 765 g/mol. The molecule has 0 amide bonds. The zero-order valence-corrected chi connectivity index (χ0v) is 33.0. The molecule has 0 aliphatic heterocycles. The van der Waals surface area contributed by atoms with Gasteiger partial charge in [0.1, 0.15) is 0 Å². The Morgan fingerprint density at radius 1 is 0.250 bits per heavy atom. The largest absolute Gasteiger partial charge is 0.311 e. The third-order valence-corrected chi connectivity index (χ3v) is 11.8. The number of rotatable bonds is 8. The standard InChI is InChI=1S/C58H40N2/c1-3-13-41(14-4-1)43-25-31-51(32-26-43)59(52-33-27-44(28-34-52)47-20-11-19-46(37-47)42-15-5-2-6-16-42)53-35-29-45(30-36-53)48-21-12-22-54(38-48)60-57-24-10-9-23-55(57)56-39-49-17-7-8-18-50(49)40-58(56)60/h1-40H. The van der Waals surface area contributed by atoms with Gasteiger partial charge in [0.05, 0.1) is 11.0 Å². The number of hydrogen-bond acceptors (Lipinski definition) is 1. The summed E-state index contributed by atoms with van der Waals surface area (Å²) in [5.74, 6) is 0. The molecule has 10 aromatic carbocycles. The molecule has 1 heterocycles. The van der Waals surface area contributed by atoms with Crippen molar-refractivity contribution in [3.05, 3.63) is 243 Å². The van der Waals surface area contributed by atoms with E-state index in [2.05, 4.69) is 252 Å². The van der Waals surface area contributed by atoms with Crippen LogP contribution in [-0.2, 0) is 0 Å². The fraction of sp³-hybridized carbons (Fsp3) is 0. The molecule has 60 heavy (non-hydrogen) atoms. The van der Waals surface area contributed by atoms with Gasteiger partial charge in [0, 0.05) is 33.5 Å². The maximum atomic E-state index is 2.41. The Kier molecular flexibility index (Phi) is 8.87. The molecule has 0 aliphatic rings. The monoisotopic (exact) mass is 764 g/mol. The van der Waals surface area contributed by atoms with E-state index in [4.69, 9.17) is 0 Å². The lowest BCUT2D eigenvalue weighted by Crippen LogP contribution is -2.09. The minimum absolute atomic E-state index is 1.09. The number of aromatic nitrogens is 1. The van der Waals surface area contributed by atoms with E-state index >= 15 is 0 Å². The van der Waals surface area contributed by atoms with Crippen molar-refractivity contribution in [3.8, 4) is 50.2 Å². The molecule has 0 fully saturated rings. The fourth-order valence-electron chi connectivity index (χ4n) is 8.75. The maximum Gasteiger partial charge on any atom is 0.0547 e. The first-order chi connectivity index (χ1) is 29.7. The van der Waals surface area contributed by atoms with E-state index in [-0.39, 0.29) is 0 Å². The van der Waals surface area contributed by atoms with Crippen LogP contribution >= 0.6 is 0 Å². The molecule has 0 radical (unpaired) electrons. The summed E-state index contributed by atoms with van der Waals surface area (Å²) in [5, 5.41) is 5.03. The van der Waals surface area contributed by atoms with E-state index < -0.39 is 0 Å². The quantitative estimate of drug-likeness (QED) is 0.150. The van der Waals surface area contributed by atoms with Crippen LogP contribution in [0.1, 0.15) is 0 Å². The summed E-state index contributed by atoms with van der Waals surface area (Å²) in [6.07, 6.45) is 0. The molecule has 0 saturated carbocycles. The van der Waals surface area contributed by atoms with Gasteiger partial charge in [0.25, 0.3) is 0 Å². The van der Waals surface area contributed by atoms with Crippen LogP contribution in [0.4, 0.5) is 17.1 Å². The molecular weight excluding hydrogens is 725 g/mol. The number of para-hydroxylation sites is 1. The second kappa shape index (κ2) is 15.1. The van der Waals surface area contributed by atoms with E-state index in [0.717, 1.165) is 22.7 Å². The molecule has 11 aromatic rings. The van der Waals surface area contributed by atoms with Crippen molar-refractivity contribution in [2.24, 2.45) is 0 Å². The molecule has 1 aromatic heterocycles. The van der Waals surface area contributed by atoms with E-state index in [0.29, 0.717) is 0 Å². The zero-order valence-electron chi connectivity index (χ0n) is 33.0. The van der Waals surface area contributed by atoms with Crippen LogP contribution in [0.25, 0.3) is 82.8 Å². The maximum absolute atomic E-state index is 2.41. The number of benzene rings is 10. The Hall–Kier alpha value is -7.94. The highest BCUT2D eigenvalue weighted by Gasteiger charge is 2.16. The van der Waals surface area contributed by atoms with Gasteiger partial charge in [-0.05, 0) is 128 Å². The molecular formula is C58H40N2. The zero-order chi connectivity index (χ0) is 39.8. The van der Waals surface area contributed by atoms with Crippen molar-refractivity contribution in [2.45, 2.75) is 0 Å². The third kappa shape index (κ3) is 6.51. The highest BCUT2D eigenvalue weighted by molar-refractivity contribution is 6.13. The summed E-state index contributed by atoms with van der Waals surface area (Å²) in [6.45, 7) is 0. The van der Waals surface area contributed by atoms with Crippen molar-refractivity contribution in [2.75, 3.05) is 4.90 Å². The molecule has 0 bridgehead atoms. The van der Waals surface area contributed by atoms with Crippen LogP contribution in [0, 0.1) is 0 Å². The second-order valence-corrected chi connectivity index (χ2v) is 15.4. The van der Waals surface area contributed by atoms with E-state index in [1.807, 2.05) is 0 Å². The average Bonchev–Trinajstić information content (AvgIpc) is 3.65. The van der Waals surface area contributed by atoms with Crippen LogP contribution < -0.4 is 4.90 Å². The van der Waals surface area contributed by atoms with Gasteiger partial charge in [-0.15, -0.1) is 0 Å². The predicted molar refractivity (Wildman–Crippen MR) is 255 cm³/mol. The number of anilines is 3. The van der Waals surface area contributed by atoms with E-state index in [1.165, 1.54) is 77.1 Å². The first-order valence-corrected chi connectivity index (χ1v) is 20.6. The van der Waals surface area contributed by atoms with Gasteiger partial charge in [-0.3, -0.25) is 0 Å². The highest BCUT2D eigenvalue weighted by Crippen LogP contribution is 2.39. The first kappa shape index (κ1) is 35.2. The van der Waals surface area contributed by atoms with Gasteiger partial charge >= 0.3 is 0 Å². The van der Waals surface area contributed by atoms with Crippen molar-refractivity contribution >= 4 is 49.6 Å². The Morgan fingerprint density at radius 3 is 1.25 bits per heavy atom. The van der Waals surface area contributed by atoms with Gasteiger partial charge in [0.2, 0.25) is 0 Å². The molecule has 2 nitrogen and oxygen atoms in total. The molecule has 0 atom stereocenters. The first-order valence-electron chi connectivity index (χ1n) is 20.6. The molecule has 282 valence electrons. The molecule has 0 saturated heterocycles. The molecule has 2 heteroatoms. The molecule has 0 aliphatic carbocycles. The van der Waals surface area contributed by atoms with Gasteiger partial charge in [-0.2, -0.15) is 0 Å². The Labute approximate surface area is 350 Å².